The van der Waals surface area contributed by atoms with Crippen LogP contribution in [0.25, 0.3) is 0 Å². The maximum Gasteiger partial charge on any atom is 0.265 e. The van der Waals surface area contributed by atoms with Crippen molar-refractivity contribution in [2.45, 2.75) is 38.0 Å². The fraction of sp³-hybridized carbons (Fsp3) is 0.533. The summed E-state index contributed by atoms with van der Waals surface area (Å²) in [6.07, 6.45) is 1.40. The molecule has 2 aliphatic heterocycles. The number of carbonyl (C=O) groups is 1. The Labute approximate surface area is 130 Å². The minimum Gasteiger partial charge on any atom is -0.482 e. The molecule has 1 amide bonds. The minimum absolute atomic E-state index is 0. The molecule has 3 atom stereocenters. The lowest BCUT2D eigenvalue weighted by Gasteiger charge is -2.31. The second-order valence-electron chi connectivity index (χ2n) is 5.35. The van der Waals surface area contributed by atoms with Crippen molar-refractivity contribution in [2.75, 3.05) is 13.1 Å². The molecule has 1 aromatic rings. The van der Waals surface area contributed by atoms with Crippen molar-refractivity contribution in [3.8, 4) is 11.5 Å². The molecule has 0 aromatic heterocycles. The number of hydrogen-bond donors (Lipinski definition) is 2. The molecule has 0 bridgehead atoms. The number of para-hydroxylation sites is 2. The van der Waals surface area contributed by atoms with Crippen molar-refractivity contribution in [1.29, 1.82) is 0 Å². The van der Waals surface area contributed by atoms with Gasteiger partial charge in [0, 0.05) is 12.6 Å². The summed E-state index contributed by atoms with van der Waals surface area (Å²) >= 11 is 0. The van der Waals surface area contributed by atoms with Crippen LogP contribution in [-0.2, 0) is 4.79 Å². The van der Waals surface area contributed by atoms with Gasteiger partial charge < -0.3 is 20.1 Å². The number of halogens is 1. The Morgan fingerprint density at radius 1 is 1.33 bits per heavy atom. The highest BCUT2D eigenvalue weighted by Gasteiger charge is 2.34. The normalized spacial score (nSPS) is 26.8. The highest BCUT2D eigenvalue weighted by atomic mass is 35.5. The summed E-state index contributed by atoms with van der Waals surface area (Å²) in [6, 6.07) is 7.81. The van der Waals surface area contributed by atoms with Crippen LogP contribution in [0.5, 0.6) is 11.5 Å². The zero-order valence-corrected chi connectivity index (χ0v) is 12.8. The first-order valence-electron chi connectivity index (χ1n) is 7.17. The van der Waals surface area contributed by atoms with Crippen LogP contribution >= 0.6 is 12.4 Å². The van der Waals surface area contributed by atoms with Gasteiger partial charge in [-0.1, -0.05) is 12.1 Å². The minimum atomic E-state index is -0.591. The van der Waals surface area contributed by atoms with Crippen molar-refractivity contribution in [3.63, 3.8) is 0 Å². The quantitative estimate of drug-likeness (QED) is 0.888. The first kappa shape index (κ1) is 15.9. The predicted octanol–water partition coefficient (Wildman–Crippen LogP) is 1.50. The molecule has 1 fully saturated rings. The van der Waals surface area contributed by atoms with Gasteiger partial charge in [0.1, 0.15) is 6.10 Å². The molecule has 2 heterocycles. The summed E-state index contributed by atoms with van der Waals surface area (Å²) in [7, 11) is 0. The lowest BCUT2D eigenvalue weighted by Crippen LogP contribution is -2.51. The molecule has 116 valence electrons. The molecular weight excluding hydrogens is 292 g/mol. The molecule has 6 heteroatoms. The van der Waals surface area contributed by atoms with Crippen LogP contribution in [0.4, 0.5) is 0 Å². The van der Waals surface area contributed by atoms with Crippen LogP contribution in [0.1, 0.15) is 19.8 Å². The number of benzene rings is 1. The highest BCUT2D eigenvalue weighted by Crippen LogP contribution is 2.33. The third-order valence-electron chi connectivity index (χ3n) is 3.79. The Balaban J connectivity index is 0.00000161. The van der Waals surface area contributed by atoms with Gasteiger partial charge in [0.05, 0.1) is 0 Å². The van der Waals surface area contributed by atoms with Crippen molar-refractivity contribution >= 4 is 18.3 Å². The number of carbonyl (C=O) groups excluding carboxylic acids is 1. The maximum atomic E-state index is 12.2. The number of rotatable bonds is 3. The Bertz CT molecular complexity index is 492. The Morgan fingerprint density at radius 3 is 2.71 bits per heavy atom. The van der Waals surface area contributed by atoms with E-state index in [0.29, 0.717) is 24.1 Å². The Hall–Kier alpha value is -1.46. The summed E-state index contributed by atoms with van der Waals surface area (Å²) in [5.41, 5.74) is 0. The van der Waals surface area contributed by atoms with E-state index in [1.807, 2.05) is 31.2 Å². The molecule has 1 saturated heterocycles. The van der Waals surface area contributed by atoms with Crippen LogP contribution in [0, 0.1) is 0 Å². The second kappa shape index (κ2) is 7.00. The van der Waals surface area contributed by atoms with Gasteiger partial charge in [-0.15, -0.1) is 12.4 Å². The molecule has 3 rings (SSSR count). The number of nitrogens with one attached hydrogen (secondary N) is 2. The van der Waals surface area contributed by atoms with Crippen molar-refractivity contribution in [3.05, 3.63) is 24.3 Å². The predicted molar refractivity (Wildman–Crippen MR) is 82.2 cm³/mol. The molecule has 3 unspecified atom stereocenters. The van der Waals surface area contributed by atoms with E-state index >= 15 is 0 Å². The van der Waals surface area contributed by atoms with Crippen LogP contribution in [0.3, 0.4) is 0 Å². The molecular formula is C15H21ClN2O3. The molecule has 2 aliphatic rings. The maximum absolute atomic E-state index is 12.2. The summed E-state index contributed by atoms with van der Waals surface area (Å²) < 4.78 is 11.5. The molecule has 1 aromatic carbocycles. The first-order valence-corrected chi connectivity index (χ1v) is 7.17. The second-order valence-corrected chi connectivity index (χ2v) is 5.35. The molecule has 21 heavy (non-hydrogen) atoms. The van der Waals surface area contributed by atoms with Gasteiger partial charge >= 0.3 is 0 Å². The van der Waals surface area contributed by atoms with Gasteiger partial charge in [0.2, 0.25) is 6.10 Å². The summed E-state index contributed by atoms with van der Waals surface area (Å²) in [6.45, 7) is 3.54. The fourth-order valence-corrected chi connectivity index (χ4v) is 2.66. The molecule has 0 saturated carbocycles. The zero-order chi connectivity index (χ0) is 13.9. The van der Waals surface area contributed by atoms with Gasteiger partial charge in [-0.3, -0.25) is 4.79 Å². The average Bonchev–Trinajstić information content (AvgIpc) is 2.97. The Morgan fingerprint density at radius 2 is 2.05 bits per heavy atom. The van der Waals surface area contributed by atoms with Crippen LogP contribution in [0.2, 0.25) is 0 Å². The molecule has 5 nitrogen and oxygen atoms in total. The highest BCUT2D eigenvalue weighted by molar-refractivity contribution is 5.85. The Kier molecular flexibility index (Phi) is 5.31. The van der Waals surface area contributed by atoms with E-state index in [-0.39, 0.29) is 24.4 Å². The van der Waals surface area contributed by atoms with Gasteiger partial charge in [-0.05, 0) is 38.4 Å². The lowest BCUT2D eigenvalue weighted by atomic mass is 10.1. The number of fused-ring (bicyclic) bond motifs is 1. The van der Waals surface area contributed by atoms with E-state index in [4.69, 9.17) is 9.47 Å². The largest absolute Gasteiger partial charge is 0.482 e. The number of amides is 1. The van der Waals surface area contributed by atoms with Crippen molar-refractivity contribution in [1.82, 2.24) is 10.6 Å². The van der Waals surface area contributed by atoms with E-state index in [1.54, 1.807) is 0 Å². The van der Waals surface area contributed by atoms with E-state index in [9.17, 15) is 4.79 Å². The SMILES string of the molecule is CC1Oc2ccccc2OC1C(=O)NCC1CCCN1.Cl. The van der Waals surface area contributed by atoms with Crippen LogP contribution in [-0.4, -0.2) is 37.2 Å². The van der Waals surface area contributed by atoms with E-state index in [0.717, 1.165) is 13.0 Å². The molecule has 2 N–H and O–H groups in total. The molecule has 0 aliphatic carbocycles. The van der Waals surface area contributed by atoms with Gasteiger partial charge in [-0.25, -0.2) is 0 Å². The molecule has 0 radical (unpaired) electrons. The lowest BCUT2D eigenvalue weighted by molar-refractivity contribution is -0.133. The van der Waals surface area contributed by atoms with Gasteiger partial charge in [0.25, 0.3) is 5.91 Å². The average molecular weight is 313 g/mol. The fourth-order valence-electron chi connectivity index (χ4n) is 2.66. The van der Waals surface area contributed by atoms with Crippen LogP contribution < -0.4 is 20.1 Å². The van der Waals surface area contributed by atoms with Crippen molar-refractivity contribution < 1.29 is 14.3 Å². The molecule has 0 spiro atoms. The standard InChI is InChI=1S/C15H20N2O3.ClH/c1-10-14(15(18)17-9-11-5-4-8-16-11)20-13-7-3-2-6-12(13)19-10;/h2-3,6-7,10-11,14,16H,4-5,8-9H2,1H3,(H,17,18);1H. The van der Waals surface area contributed by atoms with E-state index in [1.165, 1.54) is 6.42 Å². The first-order chi connectivity index (χ1) is 9.74. The topological polar surface area (TPSA) is 59.6 Å². The summed E-state index contributed by atoms with van der Waals surface area (Å²) in [4.78, 5) is 12.2. The van der Waals surface area contributed by atoms with Gasteiger partial charge in [-0.2, -0.15) is 0 Å². The van der Waals surface area contributed by atoms with Crippen molar-refractivity contribution in [2.24, 2.45) is 0 Å². The monoisotopic (exact) mass is 312 g/mol. The van der Waals surface area contributed by atoms with Gasteiger partial charge in [0.15, 0.2) is 11.5 Å². The van der Waals surface area contributed by atoms with Crippen LogP contribution in [0.15, 0.2) is 24.3 Å². The third kappa shape index (κ3) is 3.60. The smallest absolute Gasteiger partial charge is 0.265 e. The third-order valence-corrected chi connectivity index (χ3v) is 3.79. The summed E-state index contributed by atoms with van der Waals surface area (Å²) in [5, 5.41) is 6.30. The number of ether oxygens (including phenoxy) is 2. The number of hydrogen-bond acceptors (Lipinski definition) is 4. The van der Waals surface area contributed by atoms with E-state index in [2.05, 4.69) is 10.6 Å². The zero-order valence-electron chi connectivity index (χ0n) is 12.0. The summed E-state index contributed by atoms with van der Waals surface area (Å²) in [5.74, 6) is 1.21. The van der Waals surface area contributed by atoms with E-state index < -0.39 is 6.10 Å².